The van der Waals surface area contributed by atoms with Gasteiger partial charge < -0.3 is 29.2 Å². The van der Waals surface area contributed by atoms with Crippen molar-refractivity contribution in [3.05, 3.63) is 30.5 Å². The number of aromatic nitrogens is 1. The Labute approximate surface area is 303 Å². The molecule has 1 unspecified atom stereocenters. The number of ether oxygens (including phenoxy) is 4. The predicted molar refractivity (Wildman–Crippen MR) is 196 cm³/mol. The highest BCUT2D eigenvalue weighted by Gasteiger charge is 2.43. The molecule has 51 heavy (non-hydrogen) atoms. The first-order valence-electron chi connectivity index (χ1n) is 18.4. The van der Waals surface area contributed by atoms with Crippen LogP contribution in [0.5, 0.6) is 11.6 Å². The first-order valence-corrected chi connectivity index (χ1v) is 18.4. The lowest BCUT2D eigenvalue weighted by Crippen LogP contribution is -2.55. The second-order valence-electron chi connectivity index (χ2n) is 15.6. The van der Waals surface area contributed by atoms with E-state index in [0.717, 1.165) is 35.8 Å². The highest BCUT2D eigenvalue weighted by molar-refractivity contribution is 6.38. The molecule has 2 fully saturated rings. The van der Waals surface area contributed by atoms with Crippen molar-refractivity contribution in [2.24, 2.45) is 5.41 Å². The minimum absolute atomic E-state index is 0.0553. The molecule has 4 atom stereocenters. The van der Waals surface area contributed by atoms with Crippen molar-refractivity contribution >= 4 is 28.4 Å². The number of hydrogen-bond donors (Lipinski definition) is 4. The molecule has 0 spiro atoms. The van der Waals surface area contributed by atoms with Crippen LogP contribution in [-0.4, -0.2) is 103 Å². The molecule has 4 N–H and O–H groups in total. The van der Waals surface area contributed by atoms with Gasteiger partial charge in [-0.3, -0.25) is 30.3 Å². The average molecular weight is 713 g/mol. The molecule has 2 aromatic rings. The molecule has 284 valence electrons. The van der Waals surface area contributed by atoms with E-state index >= 15 is 0 Å². The first-order chi connectivity index (χ1) is 24.2. The lowest BCUT2D eigenvalue weighted by Gasteiger charge is -2.36. The summed E-state index contributed by atoms with van der Waals surface area (Å²) in [6.07, 6.45) is 4.96. The molecule has 4 rings (SSSR count). The largest absolute Gasteiger partial charge is 0.494 e. The van der Waals surface area contributed by atoms with Crippen LogP contribution < -0.4 is 30.7 Å². The number of carbonyl (C=O) groups excluding carboxylic acids is 3. The number of rotatable bonds is 20. The number of Topliss-reactive ketones (excluding diaryl/α,β-unsaturated/α-hetero) is 1. The number of hydrogen-bond acceptors (Lipinski definition) is 11. The molecular weight excluding hydrogens is 652 g/mol. The molecular formula is C38H60N6O7. The number of nitrogens with zero attached hydrogens (tertiary/aromatic N) is 2. The van der Waals surface area contributed by atoms with E-state index in [1.165, 1.54) is 0 Å². The molecule has 13 nitrogen and oxygen atoms in total. The number of fused-ring (bicyclic) bond motifs is 1. The second kappa shape index (κ2) is 18.4. The van der Waals surface area contributed by atoms with Crippen LogP contribution in [0.4, 0.5) is 0 Å². The Morgan fingerprint density at radius 1 is 0.980 bits per heavy atom. The van der Waals surface area contributed by atoms with Crippen molar-refractivity contribution in [1.29, 1.82) is 0 Å². The molecule has 0 bridgehead atoms. The van der Waals surface area contributed by atoms with Crippen molar-refractivity contribution in [2.45, 2.75) is 123 Å². The van der Waals surface area contributed by atoms with Gasteiger partial charge in [-0.2, -0.15) is 0 Å². The van der Waals surface area contributed by atoms with E-state index < -0.39 is 29.2 Å². The van der Waals surface area contributed by atoms with Gasteiger partial charge in [-0.25, -0.2) is 4.98 Å². The molecule has 1 aliphatic heterocycles. The number of ketones is 1. The first kappa shape index (κ1) is 40.4. The van der Waals surface area contributed by atoms with Crippen molar-refractivity contribution in [3.8, 4) is 11.6 Å². The van der Waals surface area contributed by atoms with Crippen LogP contribution in [-0.2, 0) is 23.9 Å². The summed E-state index contributed by atoms with van der Waals surface area (Å²) in [5, 5.41) is 14.3. The van der Waals surface area contributed by atoms with Crippen LogP contribution >= 0.6 is 0 Å². The minimum Gasteiger partial charge on any atom is -0.494 e. The number of amides is 2. The fourth-order valence-corrected chi connectivity index (χ4v) is 6.03. The van der Waals surface area contributed by atoms with Gasteiger partial charge in [-0.1, -0.05) is 34.1 Å². The third-order valence-corrected chi connectivity index (χ3v) is 8.93. The molecule has 1 aromatic carbocycles. The van der Waals surface area contributed by atoms with E-state index in [2.05, 4.69) is 47.0 Å². The summed E-state index contributed by atoms with van der Waals surface area (Å²) >= 11 is 0. The topological polar surface area (TPSA) is 152 Å². The smallest absolute Gasteiger partial charge is 0.289 e. The number of carbonyl (C=O) groups is 3. The highest BCUT2D eigenvalue weighted by atomic mass is 16.5. The van der Waals surface area contributed by atoms with E-state index in [-0.39, 0.29) is 49.7 Å². The predicted octanol–water partition coefficient (Wildman–Crippen LogP) is 3.89. The van der Waals surface area contributed by atoms with Crippen LogP contribution in [0.3, 0.4) is 0 Å². The Balaban J connectivity index is 1.46. The van der Waals surface area contributed by atoms with Gasteiger partial charge in [-0.15, -0.1) is 0 Å². The number of nitrogens with one attached hydrogen (secondary N) is 4. The van der Waals surface area contributed by atoms with Crippen molar-refractivity contribution in [3.63, 3.8) is 0 Å². The van der Waals surface area contributed by atoms with Gasteiger partial charge in [0.1, 0.15) is 11.9 Å². The van der Waals surface area contributed by atoms with Crippen LogP contribution in [0.1, 0.15) is 87.5 Å². The molecule has 1 aromatic heterocycles. The van der Waals surface area contributed by atoms with Crippen LogP contribution in [0.25, 0.3) is 10.8 Å². The molecule has 2 aliphatic rings. The summed E-state index contributed by atoms with van der Waals surface area (Å²) in [5.74, 6) is 0.160. The molecule has 1 saturated carbocycles. The van der Waals surface area contributed by atoms with Gasteiger partial charge in [0.2, 0.25) is 17.6 Å². The van der Waals surface area contributed by atoms with Crippen molar-refractivity contribution in [1.82, 2.24) is 31.2 Å². The average Bonchev–Trinajstić information content (AvgIpc) is 3.79. The molecule has 1 aliphatic carbocycles. The minimum atomic E-state index is -0.644. The third kappa shape index (κ3) is 12.4. The molecule has 0 radical (unpaired) electrons. The summed E-state index contributed by atoms with van der Waals surface area (Å²) < 4.78 is 24.1. The van der Waals surface area contributed by atoms with Crippen molar-refractivity contribution in [2.75, 3.05) is 40.0 Å². The molecule has 2 heterocycles. The SMILES string of the molecule is CCC[C@H](NCOC[C@@H]1CC(Oc2nccc3cc(OCC)ccc23)CN1C(=O)[C@@H](NCOCNC(C)(C)C)C(C)(C)C)C(=O)C(=O)NC1CC1. The lowest BCUT2D eigenvalue weighted by molar-refractivity contribution is -0.140. The van der Waals surface area contributed by atoms with Gasteiger partial charge in [0.25, 0.3) is 5.91 Å². The van der Waals surface area contributed by atoms with Crippen molar-refractivity contribution < 1.29 is 33.3 Å². The fourth-order valence-electron chi connectivity index (χ4n) is 6.03. The monoisotopic (exact) mass is 712 g/mol. The zero-order chi connectivity index (χ0) is 37.2. The van der Waals surface area contributed by atoms with E-state index in [9.17, 15) is 14.4 Å². The quantitative estimate of drug-likeness (QED) is 0.0899. The van der Waals surface area contributed by atoms with Crippen LogP contribution in [0, 0.1) is 5.41 Å². The third-order valence-electron chi connectivity index (χ3n) is 8.93. The Hall–Kier alpha value is -3.36. The maximum atomic E-state index is 14.4. The number of likely N-dealkylation sites (tertiary alicyclic amines) is 1. The Bertz CT molecular complexity index is 1450. The molecule has 1 saturated heterocycles. The molecule has 13 heteroatoms. The lowest BCUT2D eigenvalue weighted by atomic mass is 9.85. The summed E-state index contributed by atoms with van der Waals surface area (Å²) in [7, 11) is 0. The Kier molecular flexibility index (Phi) is 14.6. The number of pyridine rings is 1. The van der Waals surface area contributed by atoms with E-state index in [1.54, 1.807) is 6.20 Å². The fraction of sp³-hybridized carbons (Fsp3) is 0.684. The summed E-state index contributed by atoms with van der Waals surface area (Å²) in [5.41, 5.74) is -0.517. The van der Waals surface area contributed by atoms with Crippen LogP contribution in [0.15, 0.2) is 30.5 Å². The summed E-state index contributed by atoms with van der Waals surface area (Å²) in [6.45, 7) is 17.9. The highest BCUT2D eigenvalue weighted by Crippen LogP contribution is 2.31. The Morgan fingerprint density at radius 3 is 2.39 bits per heavy atom. The molecule has 2 amide bonds. The summed E-state index contributed by atoms with van der Waals surface area (Å²) in [4.78, 5) is 46.1. The second-order valence-corrected chi connectivity index (χ2v) is 15.6. The zero-order valence-corrected chi connectivity index (χ0v) is 31.8. The van der Waals surface area contributed by atoms with Gasteiger partial charge >= 0.3 is 0 Å². The van der Waals surface area contributed by atoms with Crippen LogP contribution in [0.2, 0.25) is 0 Å². The van der Waals surface area contributed by atoms with Gasteiger partial charge in [-0.05, 0) is 82.0 Å². The van der Waals surface area contributed by atoms with E-state index in [4.69, 9.17) is 18.9 Å². The number of benzene rings is 1. The van der Waals surface area contributed by atoms with Gasteiger partial charge in [0, 0.05) is 29.6 Å². The summed E-state index contributed by atoms with van der Waals surface area (Å²) in [6, 6.07) is 6.34. The Morgan fingerprint density at radius 2 is 1.73 bits per heavy atom. The van der Waals surface area contributed by atoms with E-state index in [0.29, 0.717) is 38.6 Å². The standard InChI is InChI=1S/C38H60N6O7/c1-9-11-31(32(45)34(46)43-26-12-13-26)40-22-48-21-27-19-29(51-35-30-15-14-28(50-10-2)18-25(30)16-17-39-35)20-44(27)36(47)33(37(3,4)5)41-23-49-24-42-38(6,7)8/h14-18,26-27,29,31,33,40-42H,9-13,19-24H2,1-8H3,(H,43,46)/t27-,29?,31-,33+/m0/s1. The maximum absolute atomic E-state index is 14.4. The normalized spacial score (nSPS) is 19.2. The van der Waals surface area contributed by atoms with Gasteiger partial charge in [0.05, 0.1) is 58.1 Å². The maximum Gasteiger partial charge on any atom is 0.289 e. The zero-order valence-electron chi connectivity index (χ0n) is 31.8. The van der Waals surface area contributed by atoms with Gasteiger partial charge in [0.15, 0.2) is 0 Å². The van der Waals surface area contributed by atoms with E-state index in [1.807, 2.05) is 63.8 Å².